The van der Waals surface area contributed by atoms with Gasteiger partial charge in [-0.2, -0.15) is 0 Å². The standard InChI is InChI=1S/C18H20N2O.ClH/c21-18(13-19-12-14-10-11-14)20-17-9-5-4-8-16(17)15-6-2-1-3-7-15;/h1-9,14,19H,10-13H2,(H,20,21);1H. The Labute approximate surface area is 137 Å². The number of carbonyl (C=O) groups excluding carboxylic acids is 1. The lowest BCUT2D eigenvalue weighted by molar-refractivity contribution is -0.115. The summed E-state index contributed by atoms with van der Waals surface area (Å²) < 4.78 is 0. The van der Waals surface area contributed by atoms with Crippen molar-refractivity contribution in [3.8, 4) is 11.1 Å². The second-order valence-corrected chi connectivity index (χ2v) is 5.53. The third-order valence-electron chi connectivity index (χ3n) is 3.70. The molecule has 2 aromatic carbocycles. The number of nitrogens with one attached hydrogen (secondary N) is 2. The molecule has 2 N–H and O–H groups in total. The van der Waals surface area contributed by atoms with Crippen LogP contribution < -0.4 is 10.6 Å². The van der Waals surface area contributed by atoms with Gasteiger partial charge in [0.25, 0.3) is 0 Å². The van der Waals surface area contributed by atoms with Crippen LogP contribution in [0.15, 0.2) is 54.6 Å². The molecule has 116 valence electrons. The minimum absolute atomic E-state index is 0. The highest BCUT2D eigenvalue weighted by Crippen LogP contribution is 2.28. The maximum absolute atomic E-state index is 12.0. The lowest BCUT2D eigenvalue weighted by atomic mass is 10.0. The average Bonchev–Trinajstić information content (AvgIpc) is 3.33. The molecule has 3 nitrogen and oxygen atoms in total. The summed E-state index contributed by atoms with van der Waals surface area (Å²) >= 11 is 0. The molecule has 1 fully saturated rings. The Bertz CT molecular complexity index is 611. The Morgan fingerprint density at radius 2 is 1.68 bits per heavy atom. The number of anilines is 1. The monoisotopic (exact) mass is 316 g/mol. The van der Waals surface area contributed by atoms with Crippen molar-refractivity contribution < 1.29 is 4.79 Å². The second-order valence-electron chi connectivity index (χ2n) is 5.53. The molecule has 0 atom stereocenters. The Kier molecular flexibility index (Phi) is 5.99. The SMILES string of the molecule is Cl.O=C(CNCC1CC1)Nc1ccccc1-c1ccccc1. The van der Waals surface area contributed by atoms with Crippen molar-refractivity contribution in [1.82, 2.24) is 5.32 Å². The maximum Gasteiger partial charge on any atom is 0.238 e. The van der Waals surface area contributed by atoms with Crippen molar-refractivity contribution in [2.24, 2.45) is 5.92 Å². The molecule has 0 aliphatic heterocycles. The van der Waals surface area contributed by atoms with Gasteiger partial charge >= 0.3 is 0 Å². The summed E-state index contributed by atoms with van der Waals surface area (Å²) in [4.78, 5) is 12.0. The Hall–Kier alpha value is -1.84. The summed E-state index contributed by atoms with van der Waals surface area (Å²) in [7, 11) is 0. The molecule has 0 aromatic heterocycles. The Morgan fingerprint density at radius 3 is 2.41 bits per heavy atom. The van der Waals surface area contributed by atoms with E-state index in [0.29, 0.717) is 6.54 Å². The molecule has 0 unspecified atom stereocenters. The number of amides is 1. The molecule has 22 heavy (non-hydrogen) atoms. The molecule has 1 saturated carbocycles. The van der Waals surface area contributed by atoms with E-state index in [1.807, 2.05) is 42.5 Å². The van der Waals surface area contributed by atoms with Gasteiger partial charge < -0.3 is 10.6 Å². The molecule has 0 bridgehead atoms. The summed E-state index contributed by atoms with van der Waals surface area (Å²) in [6, 6.07) is 18.0. The first-order valence-corrected chi connectivity index (χ1v) is 7.48. The first-order chi connectivity index (χ1) is 10.3. The van der Waals surface area contributed by atoms with Crippen LogP contribution in [0.2, 0.25) is 0 Å². The van der Waals surface area contributed by atoms with E-state index in [4.69, 9.17) is 0 Å². The van der Waals surface area contributed by atoms with Gasteiger partial charge in [-0.3, -0.25) is 4.79 Å². The molecule has 0 radical (unpaired) electrons. The van der Waals surface area contributed by atoms with Gasteiger partial charge in [-0.25, -0.2) is 0 Å². The molecule has 2 aromatic rings. The van der Waals surface area contributed by atoms with E-state index in [2.05, 4.69) is 22.8 Å². The van der Waals surface area contributed by atoms with Crippen molar-refractivity contribution in [3.05, 3.63) is 54.6 Å². The fourth-order valence-corrected chi connectivity index (χ4v) is 2.37. The number of rotatable bonds is 6. The maximum atomic E-state index is 12.0. The van der Waals surface area contributed by atoms with E-state index < -0.39 is 0 Å². The van der Waals surface area contributed by atoms with Crippen molar-refractivity contribution >= 4 is 24.0 Å². The van der Waals surface area contributed by atoms with Gasteiger partial charge in [0.1, 0.15) is 0 Å². The van der Waals surface area contributed by atoms with E-state index in [9.17, 15) is 4.79 Å². The molecule has 4 heteroatoms. The molecular formula is C18H21ClN2O. The quantitative estimate of drug-likeness (QED) is 0.853. The Balaban J connectivity index is 0.00000176. The van der Waals surface area contributed by atoms with Gasteiger partial charge in [-0.05, 0) is 36.9 Å². The first kappa shape index (κ1) is 16.5. The summed E-state index contributed by atoms with van der Waals surface area (Å²) in [5.41, 5.74) is 3.02. The van der Waals surface area contributed by atoms with Gasteiger partial charge in [-0.1, -0.05) is 48.5 Å². The summed E-state index contributed by atoms with van der Waals surface area (Å²) in [6.45, 7) is 1.33. The number of hydrogen-bond donors (Lipinski definition) is 2. The second kappa shape index (κ2) is 7.97. The van der Waals surface area contributed by atoms with Gasteiger partial charge in [0.15, 0.2) is 0 Å². The molecule has 0 heterocycles. The third-order valence-corrected chi connectivity index (χ3v) is 3.70. The highest BCUT2D eigenvalue weighted by Gasteiger charge is 2.20. The van der Waals surface area contributed by atoms with E-state index in [-0.39, 0.29) is 18.3 Å². The van der Waals surface area contributed by atoms with Crippen LogP contribution in [-0.4, -0.2) is 19.0 Å². The number of carbonyl (C=O) groups is 1. The van der Waals surface area contributed by atoms with Gasteiger partial charge in [0, 0.05) is 11.3 Å². The minimum atomic E-state index is 0. The zero-order valence-corrected chi connectivity index (χ0v) is 13.2. The van der Waals surface area contributed by atoms with Crippen LogP contribution in [0.4, 0.5) is 5.69 Å². The first-order valence-electron chi connectivity index (χ1n) is 7.48. The summed E-state index contributed by atoms with van der Waals surface area (Å²) in [5.74, 6) is 0.799. The lowest BCUT2D eigenvalue weighted by Gasteiger charge is -2.11. The zero-order chi connectivity index (χ0) is 14.5. The summed E-state index contributed by atoms with van der Waals surface area (Å²) in [6.07, 6.45) is 2.59. The topological polar surface area (TPSA) is 41.1 Å². The molecule has 3 rings (SSSR count). The predicted molar refractivity (Wildman–Crippen MR) is 93.3 cm³/mol. The number of para-hydroxylation sites is 1. The smallest absolute Gasteiger partial charge is 0.238 e. The molecular weight excluding hydrogens is 296 g/mol. The van der Waals surface area contributed by atoms with Crippen molar-refractivity contribution in [2.75, 3.05) is 18.4 Å². The molecule has 0 saturated heterocycles. The molecule has 1 amide bonds. The van der Waals surface area contributed by atoms with E-state index in [0.717, 1.165) is 29.3 Å². The van der Waals surface area contributed by atoms with Crippen LogP contribution in [0.25, 0.3) is 11.1 Å². The van der Waals surface area contributed by atoms with Gasteiger partial charge in [0.2, 0.25) is 5.91 Å². The van der Waals surface area contributed by atoms with Gasteiger partial charge in [0.05, 0.1) is 6.54 Å². The molecule has 1 aliphatic carbocycles. The molecule has 1 aliphatic rings. The largest absolute Gasteiger partial charge is 0.324 e. The van der Waals surface area contributed by atoms with Crippen LogP contribution >= 0.6 is 12.4 Å². The van der Waals surface area contributed by atoms with Crippen LogP contribution in [-0.2, 0) is 4.79 Å². The normalized spacial score (nSPS) is 13.3. The fraction of sp³-hybridized carbons (Fsp3) is 0.278. The van der Waals surface area contributed by atoms with Crippen LogP contribution in [0, 0.1) is 5.92 Å². The van der Waals surface area contributed by atoms with Crippen LogP contribution in [0.5, 0.6) is 0 Å². The van der Waals surface area contributed by atoms with Crippen LogP contribution in [0.1, 0.15) is 12.8 Å². The number of benzene rings is 2. The van der Waals surface area contributed by atoms with E-state index in [1.165, 1.54) is 12.8 Å². The van der Waals surface area contributed by atoms with Crippen LogP contribution in [0.3, 0.4) is 0 Å². The summed E-state index contributed by atoms with van der Waals surface area (Å²) in [5, 5.41) is 6.22. The lowest BCUT2D eigenvalue weighted by Crippen LogP contribution is -2.29. The predicted octanol–water partition coefficient (Wildman–Crippen LogP) is 3.71. The third kappa shape index (κ3) is 4.58. The number of halogens is 1. The van der Waals surface area contributed by atoms with Crippen molar-refractivity contribution in [1.29, 1.82) is 0 Å². The highest BCUT2D eigenvalue weighted by atomic mass is 35.5. The zero-order valence-electron chi connectivity index (χ0n) is 12.4. The van der Waals surface area contributed by atoms with Gasteiger partial charge in [-0.15, -0.1) is 12.4 Å². The van der Waals surface area contributed by atoms with E-state index in [1.54, 1.807) is 0 Å². The average molecular weight is 317 g/mol. The fourth-order valence-electron chi connectivity index (χ4n) is 2.37. The van der Waals surface area contributed by atoms with Crippen molar-refractivity contribution in [2.45, 2.75) is 12.8 Å². The Morgan fingerprint density at radius 1 is 1.00 bits per heavy atom. The van der Waals surface area contributed by atoms with Crippen molar-refractivity contribution in [3.63, 3.8) is 0 Å². The van der Waals surface area contributed by atoms with E-state index >= 15 is 0 Å². The molecule has 0 spiro atoms. The minimum Gasteiger partial charge on any atom is -0.324 e. The highest BCUT2D eigenvalue weighted by molar-refractivity contribution is 5.96. The number of hydrogen-bond acceptors (Lipinski definition) is 2.